The summed E-state index contributed by atoms with van der Waals surface area (Å²) in [6.07, 6.45) is 0.143. The summed E-state index contributed by atoms with van der Waals surface area (Å²) in [5, 5.41) is 0.746. The minimum absolute atomic E-state index is 0.0601. The molecule has 2 rings (SSSR count). The van der Waals surface area contributed by atoms with Gasteiger partial charge in [0.2, 0.25) is 0 Å². The Labute approximate surface area is 135 Å². The normalized spacial score (nSPS) is 24.3. The summed E-state index contributed by atoms with van der Waals surface area (Å²) in [6, 6.07) is 1.86. The van der Waals surface area contributed by atoms with Gasteiger partial charge in [0, 0.05) is 18.4 Å². The minimum atomic E-state index is 0.0601. The van der Waals surface area contributed by atoms with Gasteiger partial charge in [-0.15, -0.1) is 11.3 Å². The van der Waals surface area contributed by atoms with Crippen molar-refractivity contribution in [3.8, 4) is 0 Å². The lowest BCUT2D eigenvalue weighted by Gasteiger charge is -2.36. The predicted octanol–water partition coefficient (Wildman–Crippen LogP) is 3.90. The van der Waals surface area contributed by atoms with E-state index in [1.165, 1.54) is 11.3 Å². The number of rotatable bonds is 2. The highest BCUT2D eigenvalue weighted by atomic mass is 79.9. The molecule has 1 aromatic heterocycles. The molecule has 1 aliphatic heterocycles. The number of hydrogen-bond acceptors (Lipinski definition) is 3. The van der Waals surface area contributed by atoms with Crippen molar-refractivity contribution in [2.24, 2.45) is 0 Å². The summed E-state index contributed by atoms with van der Waals surface area (Å²) in [4.78, 5) is 14.3. The summed E-state index contributed by atoms with van der Waals surface area (Å²) in [7, 11) is 0. The molecule has 1 saturated heterocycles. The second-order valence-electron chi connectivity index (χ2n) is 4.17. The first-order valence-corrected chi connectivity index (χ1v) is 8.99. The van der Waals surface area contributed by atoms with Crippen molar-refractivity contribution in [1.29, 1.82) is 0 Å². The highest BCUT2D eigenvalue weighted by Gasteiger charge is 2.29. The first kappa shape index (κ1) is 15.0. The number of alkyl halides is 1. The van der Waals surface area contributed by atoms with Crippen molar-refractivity contribution < 1.29 is 9.53 Å². The number of ether oxygens (including phenoxy) is 1. The molecule has 0 radical (unpaired) electrons. The molecule has 1 aliphatic rings. The lowest BCUT2D eigenvalue weighted by Crippen LogP contribution is -2.49. The van der Waals surface area contributed by atoms with E-state index in [2.05, 4.69) is 47.8 Å². The van der Waals surface area contributed by atoms with Gasteiger partial charge in [-0.3, -0.25) is 4.79 Å². The minimum Gasteiger partial charge on any atom is -0.371 e. The third kappa shape index (κ3) is 3.36. The van der Waals surface area contributed by atoms with Crippen LogP contribution in [0, 0.1) is 0 Å². The van der Waals surface area contributed by atoms with Crippen molar-refractivity contribution in [2.45, 2.75) is 19.1 Å². The van der Waals surface area contributed by atoms with Crippen LogP contribution in [0.5, 0.6) is 0 Å². The maximum Gasteiger partial charge on any atom is 0.256 e. The maximum absolute atomic E-state index is 12.5. The van der Waals surface area contributed by atoms with E-state index in [9.17, 15) is 4.79 Å². The topological polar surface area (TPSA) is 29.5 Å². The van der Waals surface area contributed by atoms with Gasteiger partial charge in [-0.1, -0.05) is 15.9 Å². The number of amides is 1. The van der Waals surface area contributed by atoms with E-state index in [0.29, 0.717) is 18.7 Å². The molecule has 100 valence electrons. The molecule has 3 nitrogen and oxygen atoms in total. The highest BCUT2D eigenvalue weighted by Crippen LogP contribution is 2.33. The van der Waals surface area contributed by atoms with Crippen LogP contribution in [-0.4, -0.2) is 41.4 Å². The van der Waals surface area contributed by atoms with E-state index in [0.717, 1.165) is 12.9 Å². The van der Waals surface area contributed by atoms with E-state index < -0.39 is 0 Å². The number of halogens is 3. The Morgan fingerprint density at radius 2 is 2.28 bits per heavy atom. The van der Waals surface area contributed by atoms with Crippen LogP contribution in [0.3, 0.4) is 0 Å². The maximum atomic E-state index is 12.5. The number of hydrogen-bond donors (Lipinski definition) is 0. The molecule has 0 saturated carbocycles. The summed E-state index contributed by atoms with van der Waals surface area (Å²) in [6.45, 7) is 3.27. The van der Waals surface area contributed by atoms with E-state index in [-0.39, 0.29) is 18.1 Å². The van der Waals surface area contributed by atoms with Crippen LogP contribution in [0.2, 0.25) is 0 Å². The van der Waals surface area contributed by atoms with Gasteiger partial charge in [0.25, 0.3) is 5.91 Å². The Bertz CT molecular complexity index is 451. The number of carbonyl (C=O) groups is 1. The quantitative estimate of drug-likeness (QED) is 0.625. The SMILES string of the molecule is CC1CN(C(=O)c2cc(Br)sc2Br)CC(CBr)O1. The molecule has 18 heavy (non-hydrogen) atoms. The zero-order chi connectivity index (χ0) is 13.3. The van der Waals surface area contributed by atoms with Crippen LogP contribution in [0.4, 0.5) is 0 Å². The standard InChI is InChI=1S/C11H12Br3NO2S/c1-6-4-15(5-7(3-12)17-6)11(16)8-2-9(13)18-10(8)14/h2,6-7H,3-5H2,1H3. The Balaban J connectivity index is 2.15. The monoisotopic (exact) mass is 459 g/mol. The van der Waals surface area contributed by atoms with Gasteiger partial charge in [0.1, 0.15) is 0 Å². The number of nitrogens with zero attached hydrogens (tertiary/aromatic N) is 1. The lowest BCUT2D eigenvalue weighted by molar-refractivity contribution is -0.0559. The fourth-order valence-corrected chi connectivity index (χ4v) is 5.09. The molecule has 0 N–H and O–H groups in total. The summed E-state index contributed by atoms with van der Waals surface area (Å²) < 4.78 is 7.55. The summed E-state index contributed by atoms with van der Waals surface area (Å²) in [5.41, 5.74) is 0.717. The average molecular weight is 462 g/mol. The van der Waals surface area contributed by atoms with Crippen LogP contribution < -0.4 is 0 Å². The molecular weight excluding hydrogens is 450 g/mol. The third-order valence-electron chi connectivity index (χ3n) is 2.67. The molecule has 1 fully saturated rings. The third-order valence-corrected chi connectivity index (χ3v) is 5.73. The van der Waals surface area contributed by atoms with Gasteiger partial charge in [0.05, 0.1) is 25.3 Å². The van der Waals surface area contributed by atoms with Crippen LogP contribution in [0.1, 0.15) is 17.3 Å². The molecule has 2 unspecified atom stereocenters. The highest BCUT2D eigenvalue weighted by molar-refractivity contribution is 9.12. The van der Waals surface area contributed by atoms with Gasteiger partial charge in [-0.25, -0.2) is 0 Å². The molecule has 0 bridgehead atoms. The molecule has 0 aromatic carbocycles. The first-order chi connectivity index (χ1) is 8.51. The van der Waals surface area contributed by atoms with Crippen molar-refractivity contribution in [1.82, 2.24) is 4.90 Å². The first-order valence-electron chi connectivity index (χ1n) is 5.46. The van der Waals surface area contributed by atoms with Gasteiger partial charge in [-0.05, 0) is 44.8 Å². The van der Waals surface area contributed by atoms with Gasteiger partial charge < -0.3 is 9.64 Å². The molecule has 0 spiro atoms. The Hall–Kier alpha value is 0.570. The molecular formula is C11H12Br3NO2S. The zero-order valence-corrected chi connectivity index (χ0v) is 15.2. The second kappa shape index (κ2) is 6.35. The largest absolute Gasteiger partial charge is 0.371 e. The van der Waals surface area contributed by atoms with E-state index in [4.69, 9.17) is 4.74 Å². The summed E-state index contributed by atoms with van der Waals surface area (Å²) >= 11 is 11.8. The molecule has 0 aliphatic carbocycles. The number of carbonyl (C=O) groups excluding carboxylic acids is 1. The van der Waals surface area contributed by atoms with Gasteiger partial charge >= 0.3 is 0 Å². The van der Waals surface area contributed by atoms with Crippen LogP contribution >= 0.6 is 59.1 Å². The summed E-state index contributed by atoms with van der Waals surface area (Å²) in [5.74, 6) is 0.0601. The predicted molar refractivity (Wildman–Crippen MR) is 83.8 cm³/mol. The molecule has 7 heteroatoms. The van der Waals surface area contributed by atoms with Crippen LogP contribution in [-0.2, 0) is 4.74 Å². The fraction of sp³-hybridized carbons (Fsp3) is 0.545. The van der Waals surface area contributed by atoms with Gasteiger partial charge in [-0.2, -0.15) is 0 Å². The molecule has 1 aromatic rings. The number of thiophene rings is 1. The van der Waals surface area contributed by atoms with Crippen molar-refractivity contribution in [2.75, 3.05) is 18.4 Å². The smallest absolute Gasteiger partial charge is 0.256 e. The second-order valence-corrected chi connectivity index (χ2v) is 8.57. The van der Waals surface area contributed by atoms with Crippen LogP contribution in [0.15, 0.2) is 13.6 Å². The van der Waals surface area contributed by atoms with Crippen molar-refractivity contribution in [3.63, 3.8) is 0 Å². The van der Waals surface area contributed by atoms with E-state index in [1.54, 1.807) is 0 Å². The average Bonchev–Trinajstić information content (AvgIpc) is 2.66. The van der Waals surface area contributed by atoms with Crippen molar-refractivity contribution in [3.05, 3.63) is 19.2 Å². The van der Waals surface area contributed by atoms with E-state index >= 15 is 0 Å². The zero-order valence-electron chi connectivity index (χ0n) is 9.66. The van der Waals surface area contributed by atoms with Gasteiger partial charge in [0.15, 0.2) is 0 Å². The Kier molecular flexibility index (Phi) is 5.28. The molecule has 2 atom stereocenters. The van der Waals surface area contributed by atoms with E-state index in [1.807, 2.05) is 17.9 Å². The molecule has 1 amide bonds. The Morgan fingerprint density at radius 3 is 2.83 bits per heavy atom. The Morgan fingerprint density at radius 1 is 1.56 bits per heavy atom. The fourth-order valence-electron chi connectivity index (χ4n) is 1.95. The van der Waals surface area contributed by atoms with Crippen molar-refractivity contribution >= 4 is 65.0 Å². The van der Waals surface area contributed by atoms with Crippen LogP contribution in [0.25, 0.3) is 0 Å². The molecule has 2 heterocycles. The number of morpholine rings is 1. The lowest BCUT2D eigenvalue weighted by atomic mass is 10.2.